The molecule has 0 aliphatic carbocycles. The minimum Gasteiger partial charge on any atom is -0.493 e. The Morgan fingerprint density at radius 3 is 2.52 bits per heavy atom. The summed E-state index contributed by atoms with van der Waals surface area (Å²) in [6.07, 6.45) is 5.78. The molecular weight excluding hydrogens is 320 g/mol. The van der Waals surface area contributed by atoms with E-state index >= 15 is 0 Å². The highest BCUT2D eigenvalue weighted by atomic mass is 16.6. The van der Waals surface area contributed by atoms with E-state index in [0.29, 0.717) is 6.61 Å². The molecule has 0 saturated heterocycles. The van der Waals surface area contributed by atoms with Gasteiger partial charge in [0.15, 0.2) is 5.41 Å². The van der Waals surface area contributed by atoms with Crippen LogP contribution in [-0.2, 0) is 25.5 Å². The molecule has 0 bridgehead atoms. The van der Waals surface area contributed by atoms with Crippen LogP contribution < -0.4 is 4.74 Å². The lowest BCUT2D eigenvalue weighted by Gasteiger charge is -2.25. The van der Waals surface area contributed by atoms with Crippen LogP contribution in [0.1, 0.15) is 31.4 Å². The molecule has 1 aliphatic heterocycles. The van der Waals surface area contributed by atoms with Crippen molar-refractivity contribution < 1.29 is 23.8 Å². The van der Waals surface area contributed by atoms with Crippen molar-refractivity contribution in [1.82, 2.24) is 0 Å². The third-order valence-electron chi connectivity index (χ3n) is 4.02. The minimum absolute atomic E-state index is 0.106. The SMILES string of the molecule is C=CCC(/C=C/c1ccc2c(c1)CCO2)(C(=O)OCC)C(=O)OCC. The normalized spacial score (nSPS) is 13.2. The van der Waals surface area contributed by atoms with Crippen LogP contribution in [-0.4, -0.2) is 31.8 Å². The molecule has 0 radical (unpaired) electrons. The van der Waals surface area contributed by atoms with E-state index < -0.39 is 17.4 Å². The quantitative estimate of drug-likeness (QED) is 0.411. The molecule has 1 aliphatic rings. The molecule has 2 rings (SSSR count). The molecule has 0 aromatic heterocycles. The molecule has 0 atom stereocenters. The molecule has 1 aromatic carbocycles. The number of esters is 2. The van der Waals surface area contributed by atoms with Crippen molar-refractivity contribution in [2.24, 2.45) is 5.41 Å². The Morgan fingerprint density at radius 2 is 1.92 bits per heavy atom. The average molecular weight is 344 g/mol. The molecule has 5 heteroatoms. The number of rotatable bonds is 8. The second-order valence-corrected chi connectivity index (χ2v) is 5.70. The van der Waals surface area contributed by atoms with Crippen LogP contribution in [0.25, 0.3) is 6.08 Å². The average Bonchev–Trinajstić information content (AvgIpc) is 3.06. The maximum atomic E-state index is 12.5. The first-order valence-corrected chi connectivity index (χ1v) is 8.47. The fourth-order valence-corrected chi connectivity index (χ4v) is 2.75. The largest absolute Gasteiger partial charge is 0.493 e. The number of ether oxygens (including phenoxy) is 3. The third-order valence-corrected chi connectivity index (χ3v) is 4.02. The summed E-state index contributed by atoms with van der Waals surface area (Å²) in [6.45, 7) is 8.11. The number of fused-ring (bicyclic) bond motifs is 1. The summed E-state index contributed by atoms with van der Waals surface area (Å²) in [4.78, 5) is 25.1. The van der Waals surface area contributed by atoms with Crippen molar-refractivity contribution in [2.75, 3.05) is 19.8 Å². The van der Waals surface area contributed by atoms with Gasteiger partial charge in [0.2, 0.25) is 0 Å². The second kappa shape index (κ2) is 8.51. The molecule has 1 heterocycles. The van der Waals surface area contributed by atoms with Gasteiger partial charge in [-0.3, -0.25) is 9.59 Å². The lowest BCUT2D eigenvalue weighted by atomic mass is 9.83. The van der Waals surface area contributed by atoms with E-state index in [2.05, 4.69) is 6.58 Å². The van der Waals surface area contributed by atoms with Crippen LogP contribution >= 0.6 is 0 Å². The fraction of sp³-hybridized carbons (Fsp3) is 0.400. The molecule has 0 spiro atoms. The number of allylic oxidation sites excluding steroid dienone is 1. The Balaban J connectivity index is 2.37. The monoisotopic (exact) mass is 344 g/mol. The summed E-state index contributed by atoms with van der Waals surface area (Å²) in [7, 11) is 0. The van der Waals surface area contributed by atoms with Gasteiger partial charge < -0.3 is 14.2 Å². The fourth-order valence-electron chi connectivity index (χ4n) is 2.75. The van der Waals surface area contributed by atoms with Crippen LogP contribution in [0, 0.1) is 5.41 Å². The third kappa shape index (κ3) is 4.10. The zero-order valence-corrected chi connectivity index (χ0v) is 14.7. The first kappa shape index (κ1) is 18.8. The number of carbonyl (C=O) groups excluding carboxylic acids is 2. The van der Waals surface area contributed by atoms with Crippen LogP contribution in [0.15, 0.2) is 36.9 Å². The number of benzene rings is 1. The lowest BCUT2D eigenvalue weighted by Crippen LogP contribution is -2.40. The van der Waals surface area contributed by atoms with Crippen molar-refractivity contribution in [3.05, 3.63) is 48.1 Å². The zero-order chi connectivity index (χ0) is 18.3. The van der Waals surface area contributed by atoms with Crippen molar-refractivity contribution in [2.45, 2.75) is 26.7 Å². The van der Waals surface area contributed by atoms with Gasteiger partial charge in [0, 0.05) is 6.42 Å². The van der Waals surface area contributed by atoms with Crippen LogP contribution in [0.5, 0.6) is 5.75 Å². The molecule has 0 saturated carbocycles. The van der Waals surface area contributed by atoms with Gasteiger partial charge in [-0.2, -0.15) is 0 Å². The maximum Gasteiger partial charge on any atom is 0.327 e. The van der Waals surface area contributed by atoms with E-state index in [1.54, 1.807) is 26.0 Å². The molecule has 0 amide bonds. The maximum absolute atomic E-state index is 12.5. The summed E-state index contributed by atoms with van der Waals surface area (Å²) >= 11 is 0. The highest BCUT2D eigenvalue weighted by Crippen LogP contribution is 2.31. The standard InChI is InChI=1S/C20H24O5/c1-4-11-20(18(21)23-5-2,19(22)24-6-3)12-9-15-7-8-17-16(14-15)10-13-25-17/h4,7-9,12,14H,1,5-6,10-11,13H2,2-3H3/b12-9+. The Labute approximate surface area is 148 Å². The molecule has 0 fully saturated rings. The Kier molecular flexibility index (Phi) is 6.39. The molecule has 0 unspecified atom stereocenters. The Bertz CT molecular complexity index is 657. The van der Waals surface area contributed by atoms with Crippen molar-refractivity contribution in [3.63, 3.8) is 0 Å². The highest BCUT2D eigenvalue weighted by Gasteiger charge is 2.45. The van der Waals surface area contributed by atoms with E-state index in [1.165, 1.54) is 6.08 Å². The summed E-state index contributed by atoms with van der Waals surface area (Å²) in [6, 6.07) is 5.77. The van der Waals surface area contributed by atoms with Gasteiger partial charge in [-0.1, -0.05) is 24.3 Å². The van der Waals surface area contributed by atoms with Crippen molar-refractivity contribution >= 4 is 18.0 Å². The topological polar surface area (TPSA) is 61.8 Å². The number of carbonyl (C=O) groups is 2. The molecule has 134 valence electrons. The molecule has 5 nitrogen and oxygen atoms in total. The van der Waals surface area contributed by atoms with Crippen molar-refractivity contribution in [3.8, 4) is 5.75 Å². The molecule has 1 aromatic rings. The summed E-state index contributed by atoms with van der Waals surface area (Å²) in [5.74, 6) is -0.381. The first-order chi connectivity index (χ1) is 12.1. The van der Waals surface area contributed by atoms with Crippen LogP contribution in [0.3, 0.4) is 0 Å². The summed E-state index contributed by atoms with van der Waals surface area (Å²) in [5.41, 5.74) is 0.471. The predicted octanol–water partition coefficient (Wildman–Crippen LogP) is 3.32. The summed E-state index contributed by atoms with van der Waals surface area (Å²) in [5, 5.41) is 0. The van der Waals surface area contributed by atoms with Gasteiger partial charge in [0.1, 0.15) is 5.75 Å². The molecular formula is C20H24O5. The second-order valence-electron chi connectivity index (χ2n) is 5.70. The Morgan fingerprint density at radius 1 is 1.24 bits per heavy atom. The van der Waals surface area contributed by atoms with Gasteiger partial charge in [-0.15, -0.1) is 6.58 Å². The van der Waals surface area contributed by atoms with E-state index in [1.807, 2.05) is 18.2 Å². The smallest absolute Gasteiger partial charge is 0.327 e. The van der Waals surface area contributed by atoms with Gasteiger partial charge in [0.25, 0.3) is 0 Å². The number of hydrogen-bond acceptors (Lipinski definition) is 5. The van der Waals surface area contributed by atoms with Crippen LogP contribution in [0.4, 0.5) is 0 Å². The van der Waals surface area contributed by atoms with Gasteiger partial charge in [-0.25, -0.2) is 0 Å². The first-order valence-electron chi connectivity index (χ1n) is 8.47. The van der Waals surface area contributed by atoms with Gasteiger partial charge in [-0.05, 0) is 43.5 Å². The van der Waals surface area contributed by atoms with Gasteiger partial charge >= 0.3 is 11.9 Å². The molecule has 0 N–H and O–H groups in total. The van der Waals surface area contributed by atoms with E-state index in [4.69, 9.17) is 14.2 Å². The van der Waals surface area contributed by atoms with Crippen LogP contribution in [0.2, 0.25) is 0 Å². The minimum atomic E-state index is -1.52. The summed E-state index contributed by atoms with van der Waals surface area (Å²) < 4.78 is 15.8. The lowest BCUT2D eigenvalue weighted by molar-refractivity contribution is -0.167. The molecule has 25 heavy (non-hydrogen) atoms. The Hall–Kier alpha value is -2.56. The van der Waals surface area contributed by atoms with E-state index in [9.17, 15) is 9.59 Å². The van der Waals surface area contributed by atoms with Gasteiger partial charge in [0.05, 0.1) is 19.8 Å². The zero-order valence-electron chi connectivity index (χ0n) is 14.7. The van der Waals surface area contributed by atoms with E-state index in [0.717, 1.165) is 23.3 Å². The van der Waals surface area contributed by atoms with Crippen molar-refractivity contribution in [1.29, 1.82) is 0 Å². The highest BCUT2D eigenvalue weighted by molar-refractivity contribution is 6.03. The van der Waals surface area contributed by atoms with E-state index in [-0.39, 0.29) is 19.6 Å². The predicted molar refractivity (Wildman–Crippen MR) is 95.2 cm³/mol. The number of hydrogen-bond donors (Lipinski definition) is 0.